The average molecular weight is 344 g/mol. The van der Waals surface area contributed by atoms with E-state index in [9.17, 15) is 15.3 Å². The summed E-state index contributed by atoms with van der Waals surface area (Å²) in [4.78, 5) is 0. The maximum absolute atomic E-state index is 11.2. The van der Waals surface area contributed by atoms with Crippen molar-refractivity contribution in [2.45, 2.75) is 31.8 Å². The number of aliphatic hydroxyl groups is 1. The minimum Gasteiger partial charge on any atom is -0.504 e. The van der Waals surface area contributed by atoms with Crippen LogP contribution in [0.2, 0.25) is 0 Å². The van der Waals surface area contributed by atoms with Crippen molar-refractivity contribution in [3.63, 3.8) is 0 Å². The van der Waals surface area contributed by atoms with Gasteiger partial charge in [-0.15, -0.1) is 0 Å². The monoisotopic (exact) mass is 344 g/mol. The van der Waals surface area contributed by atoms with E-state index in [-0.39, 0.29) is 23.3 Å². The number of aromatic hydroxyl groups is 2. The fourth-order valence-electron chi connectivity index (χ4n) is 3.76. The van der Waals surface area contributed by atoms with Crippen LogP contribution in [0.4, 0.5) is 0 Å². The van der Waals surface area contributed by atoms with Gasteiger partial charge in [0.2, 0.25) is 0 Å². The molecule has 2 aromatic rings. The van der Waals surface area contributed by atoms with E-state index in [1.165, 1.54) is 14.2 Å². The van der Waals surface area contributed by atoms with Crippen molar-refractivity contribution in [2.75, 3.05) is 14.2 Å². The number of fused-ring (bicyclic) bond motifs is 1. The Morgan fingerprint density at radius 2 is 1.64 bits per heavy atom. The smallest absolute Gasteiger partial charge is 0.160 e. The van der Waals surface area contributed by atoms with Crippen LogP contribution in [0.3, 0.4) is 0 Å². The van der Waals surface area contributed by atoms with Crippen LogP contribution in [0.5, 0.6) is 23.0 Å². The summed E-state index contributed by atoms with van der Waals surface area (Å²) < 4.78 is 10.4. The van der Waals surface area contributed by atoms with Crippen molar-refractivity contribution in [3.8, 4) is 23.0 Å². The largest absolute Gasteiger partial charge is 0.504 e. The molecule has 0 fully saturated rings. The lowest BCUT2D eigenvalue weighted by molar-refractivity contribution is -0.0162. The molecule has 0 spiro atoms. The van der Waals surface area contributed by atoms with E-state index in [4.69, 9.17) is 9.47 Å². The van der Waals surface area contributed by atoms with Gasteiger partial charge in [-0.05, 0) is 60.2 Å². The first-order valence-electron chi connectivity index (χ1n) is 8.28. The number of benzene rings is 2. The zero-order valence-corrected chi connectivity index (χ0v) is 14.9. The molecule has 0 saturated carbocycles. The minimum atomic E-state index is -1.02. The van der Waals surface area contributed by atoms with Gasteiger partial charge < -0.3 is 24.8 Å². The van der Waals surface area contributed by atoms with Gasteiger partial charge in [0.1, 0.15) is 0 Å². The van der Waals surface area contributed by atoms with Crippen molar-refractivity contribution in [2.24, 2.45) is 5.92 Å². The Bertz CT molecular complexity index is 797. The number of hydrogen-bond donors (Lipinski definition) is 3. The van der Waals surface area contributed by atoms with Crippen LogP contribution in [-0.4, -0.2) is 35.1 Å². The third-order valence-electron chi connectivity index (χ3n) is 5.40. The molecular formula is C20H24O5. The molecule has 1 aliphatic carbocycles. The SMILES string of the molecule is COc1cc([C@H]2c3cc(O)c(OC)cc3C[C@@H](C)[C@]2(C)O)ccc1O. The van der Waals surface area contributed by atoms with Gasteiger partial charge in [0.05, 0.1) is 19.8 Å². The highest BCUT2D eigenvalue weighted by molar-refractivity contribution is 5.54. The summed E-state index contributed by atoms with van der Waals surface area (Å²) in [6, 6.07) is 8.57. The maximum Gasteiger partial charge on any atom is 0.160 e. The summed E-state index contributed by atoms with van der Waals surface area (Å²) >= 11 is 0. The maximum atomic E-state index is 11.2. The second kappa shape index (κ2) is 6.15. The topological polar surface area (TPSA) is 79.2 Å². The molecule has 3 atom stereocenters. The summed E-state index contributed by atoms with van der Waals surface area (Å²) in [6.07, 6.45) is 0.685. The van der Waals surface area contributed by atoms with E-state index in [0.29, 0.717) is 17.9 Å². The standard InChI is InChI=1S/C20H24O5/c1-11-7-13-9-18(25-4)16(22)10-14(13)19(20(11,2)23)12-5-6-15(21)17(8-12)24-3/h5-6,8-11,19,21-23H,7H2,1-4H3/t11-,19+,20+/m1/s1. The number of phenols is 2. The van der Waals surface area contributed by atoms with Gasteiger partial charge in [0, 0.05) is 5.92 Å². The Balaban J connectivity index is 2.22. The lowest BCUT2D eigenvalue weighted by Crippen LogP contribution is -2.44. The lowest BCUT2D eigenvalue weighted by Gasteiger charge is -2.44. The van der Waals surface area contributed by atoms with Gasteiger partial charge in [-0.2, -0.15) is 0 Å². The summed E-state index contributed by atoms with van der Waals surface area (Å²) in [6.45, 7) is 3.82. The molecule has 25 heavy (non-hydrogen) atoms. The van der Waals surface area contributed by atoms with E-state index < -0.39 is 5.60 Å². The second-order valence-electron chi connectivity index (χ2n) is 6.92. The van der Waals surface area contributed by atoms with E-state index in [1.807, 2.05) is 19.9 Å². The van der Waals surface area contributed by atoms with Crippen LogP contribution in [0.1, 0.15) is 36.5 Å². The van der Waals surface area contributed by atoms with Gasteiger partial charge in [0.15, 0.2) is 23.0 Å². The molecule has 0 aromatic heterocycles. The molecule has 5 nitrogen and oxygen atoms in total. The Morgan fingerprint density at radius 1 is 1.00 bits per heavy atom. The van der Waals surface area contributed by atoms with Crippen molar-refractivity contribution >= 4 is 0 Å². The molecule has 0 radical (unpaired) electrons. The molecule has 0 bridgehead atoms. The highest BCUT2D eigenvalue weighted by Crippen LogP contribution is 2.49. The highest BCUT2D eigenvalue weighted by Gasteiger charge is 2.44. The number of ether oxygens (including phenoxy) is 2. The summed E-state index contributed by atoms with van der Waals surface area (Å²) in [5.41, 5.74) is 1.69. The van der Waals surface area contributed by atoms with Crippen LogP contribution in [0, 0.1) is 5.92 Å². The van der Waals surface area contributed by atoms with E-state index in [0.717, 1.165) is 16.7 Å². The first kappa shape index (κ1) is 17.4. The molecule has 1 aliphatic rings. The highest BCUT2D eigenvalue weighted by atomic mass is 16.5. The lowest BCUT2D eigenvalue weighted by atomic mass is 9.65. The van der Waals surface area contributed by atoms with Gasteiger partial charge in [-0.25, -0.2) is 0 Å². The van der Waals surface area contributed by atoms with Gasteiger partial charge >= 0.3 is 0 Å². The molecule has 134 valence electrons. The molecule has 5 heteroatoms. The first-order valence-corrected chi connectivity index (χ1v) is 8.28. The fraction of sp³-hybridized carbons (Fsp3) is 0.400. The van der Waals surface area contributed by atoms with E-state index >= 15 is 0 Å². The second-order valence-corrected chi connectivity index (χ2v) is 6.92. The van der Waals surface area contributed by atoms with E-state index in [1.54, 1.807) is 24.3 Å². The Hall–Kier alpha value is -2.40. The van der Waals surface area contributed by atoms with Crippen LogP contribution >= 0.6 is 0 Å². The van der Waals surface area contributed by atoms with Crippen molar-refractivity contribution in [3.05, 3.63) is 47.0 Å². The summed E-state index contributed by atoms with van der Waals surface area (Å²) in [7, 11) is 3.01. The number of phenolic OH excluding ortho intramolecular Hbond substituents is 2. The third-order valence-corrected chi connectivity index (χ3v) is 5.40. The van der Waals surface area contributed by atoms with Crippen LogP contribution in [-0.2, 0) is 6.42 Å². The zero-order chi connectivity index (χ0) is 18.4. The van der Waals surface area contributed by atoms with Gasteiger partial charge in [0.25, 0.3) is 0 Å². The molecule has 3 N–H and O–H groups in total. The number of methoxy groups -OCH3 is 2. The quantitative estimate of drug-likeness (QED) is 0.797. The Morgan fingerprint density at radius 3 is 2.28 bits per heavy atom. The average Bonchev–Trinajstić information content (AvgIpc) is 2.57. The zero-order valence-electron chi connectivity index (χ0n) is 14.9. The van der Waals surface area contributed by atoms with Gasteiger partial charge in [-0.1, -0.05) is 13.0 Å². The van der Waals surface area contributed by atoms with Crippen LogP contribution < -0.4 is 9.47 Å². The van der Waals surface area contributed by atoms with Crippen LogP contribution in [0.25, 0.3) is 0 Å². The molecule has 0 aliphatic heterocycles. The van der Waals surface area contributed by atoms with Crippen molar-refractivity contribution < 1.29 is 24.8 Å². The Labute approximate surface area is 147 Å². The summed E-state index contributed by atoms with van der Waals surface area (Å²) in [5.74, 6) is 0.506. The minimum absolute atomic E-state index is 0.000882. The van der Waals surface area contributed by atoms with Crippen molar-refractivity contribution in [1.82, 2.24) is 0 Å². The van der Waals surface area contributed by atoms with E-state index in [2.05, 4.69) is 0 Å². The number of hydrogen-bond acceptors (Lipinski definition) is 5. The number of rotatable bonds is 3. The predicted molar refractivity (Wildman–Crippen MR) is 94.7 cm³/mol. The molecular weight excluding hydrogens is 320 g/mol. The molecule has 0 heterocycles. The molecule has 0 amide bonds. The fourth-order valence-corrected chi connectivity index (χ4v) is 3.76. The molecule has 0 unspecified atom stereocenters. The predicted octanol–water partition coefficient (Wildman–Crippen LogP) is 3.19. The first-order chi connectivity index (χ1) is 11.8. The normalized spacial score (nSPS) is 25.3. The third kappa shape index (κ3) is 2.78. The van der Waals surface area contributed by atoms with Crippen molar-refractivity contribution in [1.29, 1.82) is 0 Å². The molecule has 3 rings (SSSR count). The molecule has 0 saturated heterocycles. The molecule has 2 aromatic carbocycles. The summed E-state index contributed by atoms with van der Waals surface area (Å²) in [5, 5.41) is 31.4. The van der Waals surface area contributed by atoms with Gasteiger partial charge in [-0.3, -0.25) is 0 Å². The van der Waals surface area contributed by atoms with Crippen LogP contribution in [0.15, 0.2) is 30.3 Å². The Kier molecular flexibility index (Phi) is 4.29.